The van der Waals surface area contributed by atoms with Gasteiger partial charge in [-0.25, -0.2) is 9.78 Å². The fourth-order valence-corrected chi connectivity index (χ4v) is 3.67. The Morgan fingerprint density at radius 1 is 1.33 bits per heavy atom. The summed E-state index contributed by atoms with van der Waals surface area (Å²) in [6.07, 6.45) is 4.63. The Labute approximate surface area is 143 Å². The molecule has 0 bridgehead atoms. The summed E-state index contributed by atoms with van der Waals surface area (Å²) in [7, 11) is 1.71. The Morgan fingerprint density at radius 2 is 2.17 bits per heavy atom. The molecule has 24 heavy (non-hydrogen) atoms. The lowest BCUT2D eigenvalue weighted by Gasteiger charge is -2.38. The molecular formula is C16H17ClN4O3. The molecule has 2 aromatic heterocycles. The predicted molar refractivity (Wildman–Crippen MR) is 87.2 cm³/mol. The van der Waals surface area contributed by atoms with Gasteiger partial charge in [0.15, 0.2) is 0 Å². The number of likely N-dealkylation sites (N-methyl/N-ethyl adjacent to an activating group) is 1. The molecule has 2 fully saturated rings. The van der Waals surface area contributed by atoms with E-state index in [4.69, 9.17) is 16.3 Å². The lowest BCUT2D eigenvalue weighted by atomic mass is 9.92. The maximum atomic E-state index is 12.8. The van der Waals surface area contributed by atoms with E-state index >= 15 is 0 Å². The minimum atomic E-state index is -0.595. The fourth-order valence-electron chi connectivity index (χ4n) is 3.51. The van der Waals surface area contributed by atoms with Gasteiger partial charge in [-0.3, -0.25) is 4.79 Å². The van der Waals surface area contributed by atoms with Gasteiger partial charge in [0.25, 0.3) is 5.91 Å². The zero-order valence-electron chi connectivity index (χ0n) is 13.2. The van der Waals surface area contributed by atoms with Crippen molar-refractivity contribution in [3.8, 4) is 0 Å². The van der Waals surface area contributed by atoms with Crippen LogP contribution in [0.4, 0.5) is 4.79 Å². The number of ether oxygens (including phenoxy) is 1. The Morgan fingerprint density at radius 3 is 2.92 bits per heavy atom. The second-order valence-corrected chi connectivity index (χ2v) is 6.91. The smallest absolute Gasteiger partial charge is 0.410 e. The third-order valence-electron chi connectivity index (χ3n) is 4.60. The highest BCUT2D eigenvalue weighted by Gasteiger charge is 2.47. The summed E-state index contributed by atoms with van der Waals surface area (Å²) >= 11 is 5.97. The van der Waals surface area contributed by atoms with Crippen LogP contribution in [0.25, 0.3) is 5.65 Å². The number of carbonyl (C=O) groups is 2. The Kier molecular flexibility index (Phi) is 3.42. The number of likely N-dealkylation sites (tertiary alicyclic amines) is 1. The number of nitrogens with zero attached hydrogens (tertiary/aromatic N) is 4. The van der Waals surface area contributed by atoms with E-state index in [0.29, 0.717) is 36.0 Å². The van der Waals surface area contributed by atoms with Crippen molar-refractivity contribution in [3.05, 3.63) is 35.2 Å². The molecule has 7 nitrogen and oxygen atoms in total. The van der Waals surface area contributed by atoms with Crippen molar-refractivity contribution in [1.82, 2.24) is 19.2 Å². The SMILES string of the molecule is CN1C[C@@]2(CCCN(C(=O)c3cn4cc(Cl)ccc4n3)C2)OC1=O. The standard InChI is InChI=1S/C16H17ClN4O3/c1-19-9-16(24-15(19)23)5-2-6-20(10-16)14(22)12-8-21-7-11(17)3-4-13(21)18-12/h3-4,7-8H,2,5-6,9-10H2,1H3/t16-/m1/s1. The second kappa shape index (κ2) is 5.37. The number of imidazole rings is 1. The number of fused-ring (bicyclic) bond motifs is 1. The molecule has 126 valence electrons. The number of amides is 2. The van der Waals surface area contributed by atoms with Crippen LogP contribution >= 0.6 is 11.6 Å². The number of hydrogen-bond donors (Lipinski definition) is 0. The number of pyridine rings is 1. The van der Waals surface area contributed by atoms with Crippen LogP contribution < -0.4 is 0 Å². The van der Waals surface area contributed by atoms with E-state index in [1.165, 1.54) is 0 Å². The molecule has 2 aliphatic heterocycles. The third-order valence-corrected chi connectivity index (χ3v) is 4.83. The number of hydrogen-bond acceptors (Lipinski definition) is 4. The summed E-state index contributed by atoms with van der Waals surface area (Å²) in [5.41, 5.74) is 0.441. The van der Waals surface area contributed by atoms with E-state index in [0.717, 1.165) is 12.8 Å². The lowest BCUT2D eigenvalue weighted by Crippen LogP contribution is -2.52. The number of carbonyl (C=O) groups excluding carboxylic acids is 2. The van der Waals surface area contributed by atoms with Crippen LogP contribution in [-0.4, -0.2) is 63.5 Å². The first kappa shape index (κ1) is 15.3. The number of halogens is 1. The molecule has 1 spiro atoms. The molecule has 8 heteroatoms. The Balaban J connectivity index is 1.58. The minimum absolute atomic E-state index is 0.153. The van der Waals surface area contributed by atoms with Crippen LogP contribution in [-0.2, 0) is 4.74 Å². The molecule has 2 saturated heterocycles. The van der Waals surface area contributed by atoms with E-state index in [1.807, 2.05) is 0 Å². The van der Waals surface area contributed by atoms with E-state index < -0.39 is 5.60 Å². The van der Waals surface area contributed by atoms with Crippen molar-refractivity contribution in [2.75, 3.05) is 26.7 Å². The number of piperidine rings is 1. The lowest BCUT2D eigenvalue weighted by molar-refractivity contribution is -0.00538. The van der Waals surface area contributed by atoms with Crippen LogP contribution in [0.1, 0.15) is 23.3 Å². The molecule has 4 rings (SSSR count). The van der Waals surface area contributed by atoms with E-state index in [9.17, 15) is 9.59 Å². The van der Waals surface area contributed by atoms with Crippen molar-refractivity contribution in [2.24, 2.45) is 0 Å². The zero-order chi connectivity index (χ0) is 16.9. The predicted octanol–water partition coefficient (Wildman–Crippen LogP) is 2.04. The molecule has 4 heterocycles. The number of aromatic nitrogens is 2. The van der Waals surface area contributed by atoms with Gasteiger partial charge in [-0.05, 0) is 25.0 Å². The van der Waals surface area contributed by atoms with Gasteiger partial charge in [0.1, 0.15) is 16.9 Å². The van der Waals surface area contributed by atoms with Crippen LogP contribution in [0.5, 0.6) is 0 Å². The maximum absolute atomic E-state index is 12.8. The second-order valence-electron chi connectivity index (χ2n) is 6.48. The van der Waals surface area contributed by atoms with Crippen LogP contribution in [0, 0.1) is 0 Å². The van der Waals surface area contributed by atoms with Gasteiger partial charge in [0, 0.05) is 26.0 Å². The average molecular weight is 349 g/mol. The summed E-state index contributed by atoms with van der Waals surface area (Å²) < 4.78 is 7.28. The fraction of sp³-hybridized carbons (Fsp3) is 0.438. The molecule has 2 amide bonds. The van der Waals surface area contributed by atoms with Gasteiger partial charge in [0.2, 0.25) is 0 Å². The molecule has 1 atom stereocenters. The highest BCUT2D eigenvalue weighted by molar-refractivity contribution is 6.30. The molecule has 0 radical (unpaired) electrons. The van der Waals surface area contributed by atoms with Crippen LogP contribution in [0.2, 0.25) is 5.02 Å². The quantitative estimate of drug-likeness (QED) is 0.791. The first-order chi connectivity index (χ1) is 11.5. The molecule has 0 aromatic carbocycles. The van der Waals surface area contributed by atoms with Gasteiger partial charge in [-0.1, -0.05) is 11.6 Å². The largest absolute Gasteiger partial charge is 0.439 e. The third kappa shape index (κ3) is 2.49. The van der Waals surface area contributed by atoms with Crippen molar-refractivity contribution in [3.63, 3.8) is 0 Å². The monoisotopic (exact) mass is 348 g/mol. The Bertz CT molecular complexity index is 836. The van der Waals surface area contributed by atoms with Gasteiger partial charge >= 0.3 is 6.09 Å². The first-order valence-electron chi connectivity index (χ1n) is 7.83. The highest BCUT2D eigenvalue weighted by Crippen LogP contribution is 2.32. The van der Waals surface area contributed by atoms with Gasteiger partial charge in [0.05, 0.1) is 18.1 Å². The summed E-state index contributed by atoms with van der Waals surface area (Å²) in [5, 5.41) is 0.580. The van der Waals surface area contributed by atoms with Gasteiger partial charge in [-0.2, -0.15) is 0 Å². The maximum Gasteiger partial charge on any atom is 0.410 e. The molecule has 0 saturated carbocycles. The summed E-state index contributed by atoms with van der Waals surface area (Å²) in [6.45, 7) is 1.55. The normalized spacial score (nSPS) is 24.0. The van der Waals surface area contributed by atoms with Gasteiger partial charge < -0.3 is 18.9 Å². The topological polar surface area (TPSA) is 67.2 Å². The van der Waals surface area contributed by atoms with Crippen molar-refractivity contribution in [2.45, 2.75) is 18.4 Å². The van der Waals surface area contributed by atoms with Crippen molar-refractivity contribution < 1.29 is 14.3 Å². The van der Waals surface area contributed by atoms with E-state index in [1.54, 1.807) is 45.8 Å². The first-order valence-corrected chi connectivity index (χ1v) is 8.21. The Hall–Kier alpha value is -2.28. The molecule has 2 aromatic rings. The molecule has 0 aliphatic carbocycles. The van der Waals surface area contributed by atoms with Crippen LogP contribution in [0.3, 0.4) is 0 Å². The molecule has 0 N–H and O–H groups in total. The average Bonchev–Trinajstić information content (AvgIpc) is 3.07. The minimum Gasteiger partial charge on any atom is -0.439 e. The highest BCUT2D eigenvalue weighted by atomic mass is 35.5. The van der Waals surface area contributed by atoms with Crippen LogP contribution in [0.15, 0.2) is 24.5 Å². The van der Waals surface area contributed by atoms with E-state index in [2.05, 4.69) is 4.98 Å². The molecule has 0 unspecified atom stereocenters. The van der Waals surface area contributed by atoms with Crippen molar-refractivity contribution in [1.29, 1.82) is 0 Å². The number of rotatable bonds is 1. The van der Waals surface area contributed by atoms with E-state index in [-0.39, 0.29) is 12.0 Å². The summed E-state index contributed by atoms with van der Waals surface area (Å²) in [4.78, 5) is 32.2. The summed E-state index contributed by atoms with van der Waals surface area (Å²) in [5.74, 6) is -0.153. The summed E-state index contributed by atoms with van der Waals surface area (Å²) in [6, 6.07) is 3.51. The zero-order valence-corrected chi connectivity index (χ0v) is 14.0. The van der Waals surface area contributed by atoms with Crippen molar-refractivity contribution >= 4 is 29.2 Å². The molecule has 2 aliphatic rings. The molecular weight excluding hydrogens is 332 g/mol. The van der Waals surface area contributed by atoms with Gasteiger partial charge in [-0.15, -0.1) is 0 Å².